The number of carbonyl (C=O) groups is 2. The van der Waals surface area contributed by atoms with E-state index in [0.29, 0.717) is 16.9 Å². The van der Waals surface area contributed by atoms with Crippen molar-refractivity contribution in [2.75, 3.05) is 19.8 Å². The fraction of sp³-hybridized carbons (Fsp3) is 0.176. The fourth-order valence-corrected chi connectivity index (χ4v) is 2.39. The van der Waals surface area contributed by atoms with Crippen LogP contribution in [0.3, 0.4) is 0 Å². The van der Waals surface area contributed by atoms with Gasteiger partial charge in [0.1, 0.15) is 5.52 Å². The van der Waals surface area contributed by atoms with Crippen LogP contribution in [0.25, 0.3) is 11.1 Å². The molecule has 0 saturated heterocycles. The van der Waals surface area contributed by atoms with Gasteiger partial charge in [0.2, 0.25) is 0 Å². The van der Waals surface area contributed by atoms with Gasteiger partial charge in [-0.05, 0) is 30.3 Å². The number of oxazole rings is 1. The van der Waals surface area contributed by atoms with E-state index in [9.17, 15) is 14.4 Å². The van der Waals surface area contributed by atoms with Gasteiger partial charge in [0.25, 0.3) is 5.91 Å². The van der Waals surface area contributed by atoms with E-state index in [1.54, 1.807) is 20.2 Å². The van der Waals surface area contributed by atoms with E-state index in [4.69, 9.17) is 10.2 Å². The van der Waals surface area contributed by atoms with Crippen molar-refractivity contribution in [2.45, 2.75) is 6.54 Å². The van der Waals surface area contributed by atoms with Crippen LogP contribution in [0.15, 0.2) is 45.7 Å². The first-order valence-electron chi connectivity index (χ1n) is 7.72. The average molecular weight is 355 g/mol. The Labute approximate surface area is 148 Å². The number of hydrogen-bond donors (Lipinski definition) is 2. The summed E-state index contributed by atoms with van der Waals surface area (Å²) in [6.45, 7) is 0.145. The molecule has 0 aliphatic rings. The first kappa shape index (κ1) is 17.2. The Hall–Kier alpha value is -3.62. The second-order valence-corrected chi connectivity index (χ2v) is 5.82. The van der Waals surface area contributed by atoms with Crippen LogP contribution in [0.5, 0.6) is 0 Å². The molecule has 1 aromatic carbocycles. The molecule has 26 heavy (non-hydrogen) atoms. The molecule has 2 heterocycles. The van der Waals surface area contributed by atoms with Crippen molar-refractivity contribution in [3.05, 3.63) is 58.3 Å². The zero-order valence-corrected chi connectivity index (χ0v) is 14.2. The smallest absolute Gasteiger partial charge is 0.407 e. The van der Waals surface area contributed by atoms with E-state index in [2.05, 4.69) is 10.3 Å². The average Bonchev–Trinajstić information content (AvgIpc) is 2.94. The van der Waals surface area contributed by atoms with E-state index >= 15 is 0 Å². The van der Waals surface area contributed by atoms with Gasteiger partial charge in [0.05, 0.1) is 12.2 Å². The molecule has 3 N–H and O–H groups in total. The number of fused-ring (bicyclic) bond motifs is 1. The van der Waals surface area contributed by atoms with Crippen molar-refractivity contribution in [1.82, 2.24) is 19.8 Å². The predicted molar refractivity (Wildman–Crippen MR) is 94.8 cm³/mol. The minimum Gasteiger partial charge on any atom is -0.407 e. The number of nitrogens with two attached hydrogens (primary N) is 1. The quantitative estimate of drug-likeness (QED) is 0.676. The molecule has 134 valence electrons. The highest BCUT2D eigenvalue weighted by Crippen LogP contribution is 2.17. The largest absolute Gasteiger partial charge is 0.427 e. The number of aromatic nitrogens is 2. The minimum atomic E-state index is -0.796. The molecule has 3 aromatic rings. The van der Waals surface area contributed by atoms with Crippen molar-refractivity contribution in [1.29, 1.82) is 0 Å². The molecule has 0 unspecified atom stereocenters. The lowest BCUT2D eigenvalue weighted by Crippen LogP contribution is -2.34. The van der Waals surface area contributed by atoms with Crippen LogP contribution in [0.4, 0.5) is 10.5 Å². The molecule has 0 radical (unpaired) electrons. The molecule has 2 aromatic heterocycles. The van der Waals surface area contributed by atoms with Crippen LogP contribution < -0.4 is 16.8 Å². The molecule has 0 bridgehead atoms. The number of nitrogens with zero attached hydrogens (tertiary/aromatic N) is 3. The zero-order valence-electron chi connectivity index (χ0n) is 14.2. The van der Waals surface area contributed by atoms with E-state index in [0.717, 1.165) is 4.57 Å². The molecule has 9 heteroatoms. The number of carbonyl (C=O) groups excluding carboxylic acids is 2. The van der Waals surface area contributed by atoms with Crippen LogP contribution in [0.2, 0.25) is 0 Å². The summed E-state index contributed by atoms with van der Waals surface area (Å²) in [4.78, 5) is 42.0. The molecule has 0 atom stereocenters. The third-order valence-electron chi connectivity index (χ3n) is 3.70. The van der Waals surface area contributed by atoms with Crippen LogP contribution in [0.1, 0.15) is 16.1 Å². The Morgan fingerprint density at radius 3 is 2.77 bits per heavy atom. The summed E-state index contributed by atoms with van der Waals surface area (Å²) in [5, 5.41) is 2.66. The van der Waals surface area contributed by atoms with Gasteiger partial charge < -0.3 is 20.4 Å². The lowest BCUT2D eigenvalue weighted by Gasteiger charge is -2.11. The molecule has 3 rings (SSSR count). The van der Waals surface area contributed by atoms with Gasteiger partial charge in [-0.2, -0.15) is 0 Å². The summed E-state index contributed by atoms with van der Waals surface area (Å²) in [5.41, 5.74) is 7.41. The number of hydrogen-bond acceptors (Lipinski definition) is 6. The van der Waals surface area contributed by atoms with Gasteiger partial charge in [0.15, 0.2) is 5.58 Å². The van der Waals surface area contributed by atoms with Crippen LogP contribution >= 0.6 is 0 Å². The number of benzene rings is 1. The van der Waals surface area contributed by atoms with E-state index in [1.807, 2.05) is 0 Å². The monoisotopic (exact) mass is 355 g/mol. The summed E-state index contributed by atoms with van der Waals surface area (Å²) in [7, 11) is 3.23. The highest BCUT2D eigenvalue weighted by Gasteiger charge is 2.18. The number of nitrogen functional groups attached to an aromatic ring is 1. The van der Waals surface area contributed by atoms with Crippen LogP contribution in [-0.2, 0) is 6.54 Å². The van der Waals surface area contributed by atoms with Gasteiger partial charge in [-0.15, -0.1) is 0 Å². The molecular weight excluding hydrogens is 338 g/mol. The lowest BCUT2D eigenvalue weighted by molar-refractivity contribution is 0.0956. The van der Waals surface area contributed by atoms with Crippen molar-refractivity contribution in [3.8, 4) is 0 Å². The predicted octanol–water partition coefficient (Wildman–Crippen LogP) is 1.03. The molecule has 0 aliphatic carbocycles. The molecule has 0 aliphatic heterocycles. The Morgan fingerprint density at radius 1 is 1.27 bits per heavy atom. The van der Waals surface area contributed by atoms with Crippen molar-refractivity contribution in [3.63, 3.8) is 0 Å². The van der Waals surface area contributed by atoms with Crippen molar-refractivity contribution >= 4 is 28.7 Å². The second-order valence-electron chi connectivity index (χ2n) is 5.82. The molecular formula is C17H17N5O4. The van der Waals surface area contributed by atoms with Gasteiger partial charge >= 0.3 is 11.8 Å². The number of rotatable bonds is 3. The van der Waals surface area contributed by atoms with Crippen LogP contribution in [0, 0.1) is 0 Å². The third-order valence-corrected chi connectivity index (χ3v) is 3.70. The van der Waals surface area contributed by atoms with E-state index in [1.165, 1.54) is 35.4 Å². The highest BCUT2D eigenvalue weighted by atomic mass is 16.4. The standard InChI is InChI=1S/C17H17N5O4/c1-21(2)16(24)20-9-12-7-10(5-6-19-12)15(23)22-13-8-11(18)3-4-14(13)26-17(22)25/h3-8H,9,18H2,1-2H3,(H,20,24). The second kappa shape index (κ2) is 6.71. The number of amides is 2. The SMILES string of the molecule is CN(C)C(=O)NCc1cc(C(=O)n2c(=O)oc3ccc(N)cc32)ccn1. The molecule has 2 amide bonds. The summed E-state index contributed by atoms with van der Waals surface area (Å²) in [5.74, 6) is -1.36. The molecule has 0 spiro atoms. The Kier molecular flexibility index (Phi) is 4.44. The number of pyridine rings is 1. The van der Waals surface area contributed by atoms with Crippen molar-refractivity contribution < 1.29 is 14.0 Å². The lowest BCUT2D eigenvalue weighted by atomic mass is 10.2. The maximum atomic E-state index is 12.8. The van der Waals surface area contributed by atoms with Crippen molar-refractivity contribution in [2.24, 2.45) is 0 Å². The van der Waals surface area contributed by atoms with E-state index in [-0.39, 0.29) is 23.7 Å². The molecule has 9 nitrogen and oxygen atoms in total. The van der Waals surface area contributed by atoms with Gasteiger partial charge in [0, 0.05) is 31.5 Å². The summed E-state index contributed by atoms with van der Waals surface area (Å²) >= 11 is 0. The molecule has 0 fully saturated rings. The normalized spacial score (nSPS) is 10.7. The minimum absolute atomic E-state index is 0.145. The Morgan fingerprint density at radius 2 is 2.04 bits per heavy atom. The fourth-order valence-electron chi connectivity index (χ4n) is 2.39. The number of nitrogens with one attached hydrogen (secondary N) is 1. The maximum Gasteiger partial charge on any atom is 0.427 e. The topological polar surface area (TPSA) is 123 Å². The number of urea groups is 1. The first-order valence-corrected chi connectivity index (χ1v) is 7.72. The summed E-state index contributed by atoms with van der Waals surface area (Å²) < 4.78 is 6.00. The summed E-state index contributed by atoms with van der Waals surface area (Å²) in [6, 6.07) is 7.32. The van der Waals surface area contributed by atoms with Gasteiger partial charge in [-0.3, -0.25) is 9.78 Å². The number of anilines is 1. The first-order chi connectivity index (χ1) is 12.4. The highest BCUT2D eigenvalue weighted by molar-refractivity contribution is 6.01. The van der Waals surface area contributed by atoms with Gasteiger partial charge in [-0.1, -0.05) is 0 Å². The maximum absolute atomic E-state index is 12.8. The Balaban J connectivity index is 1.93. The van der Waals surface area contributed by atoms with Crippen LogP contribution in [-0.4, -0.2) is 40.5 Å². The Bertz CT molecular complexity index is 1050. The summed E-state index contributed by atoms with van der Waals surface area (Å²) in [6.07, 6.45) is 1.44. The molecule has 0 saturated carbocycles. The van der Waals surface area contributed by atoms with Gasteiger partial charge in [-0.25, -0.2) is 14.2 Å². The zero-order chi connectivity index (χ0) is 18.8. The third kappa shape index (κ3) is 3.27. The van der Waals surface area contributed by atoms with E-state index < -0.39 is 11.7 Å².